The second-order valence-corrected chi connectivity index (χ2v) is 9.66. The summed E-state index contributed by atoms with van der Waals surface area (Å²) in [4.78, 5) is 30.7. The molecule has 1 saturated carbocycles. The number of likely N-dealkylation sites (tertiary alicyclic amines) is 1. The van der Waals surface area contributed by atoms with E-state index >= 15 is 0 Å². The summed E-state index contributed by atoms with van der Waals surface area (Å²) in [5.41, 5.74) is 1.38. The van der Waals surface area contributed by atoms with Crippen LogP contribution in [-0.4, -0.2) is 50.4 Å². The van der Waals surface area contributed by atoms with Gasteiger partial charge in [0.25, 0.3) is 0 Å². The largest absolute Gasteiger partial charge is 0.367 e. The number of hydrogen-bond acceptors (Lipinski definition) is 5. The molecule has 1 saturated heterocycles. The van der Waals surface area contributed by atoms with Crippen molar-refractivity contribution in [2.24, 2.45) is 11.8 Å². The number of anilines is 1. The van der Waals surface area contributed by atoms with Crippen molar-refractivity contribution in [3.63, 3.8) is 0 Å². The van der Waals surface area contributed by atoms with Crippen LogP contribution in [0.3, 0.4) is 0 Å². The zero-order valence-electron chi connectivity index (χ0n) is 18.5. The molecule has 174 valence electrons. The summed E-state index contributed by atoms with van der Waals surface area (Å²) in [6.45, 7) is 2.10. The van der Waals surface area contributed by atoms with Gasteiger partial charge in [0.05, 0.1) is 11.2 Å². The van der Waals surface area contributed by atoms with E-state index in [4.69, 9.17) is 11.6 Å². The summed E-state index contributed by atoms with van der Waals surface area (Å²) in [6, 6.07) is 1.79. The molecule has 4 heterocycles. The fraction of sp³-hybridized carbons (Fsp3) is 0.500. The lowest BCUT2D eigenvalue weighted by atomic mass is 9.96. The van der Waals surface area contributed by atoms with Crippen LogP contribution >= 0.6 is 11.6 Å². The van der Waals surface area contributed by atoms with Gasteiger partial charge in [-0.15, -0.1) is 0 Å². The summed E-state index contributed by atoms with van der Waals surface area (Å²) >= 11 is 6.09. The molecule has 1 aliphatic carbocycles. The number of H-pyrrole nitrogens is 1. The molecule has 1 aliphatic heterocycles. The Morgan fingerprint density at radius 3 is 2.85 bits per heavy atom. The molecule has 0 radical (unpaired) electrons. The Hall–Kier alpha value is -2.74. The summed E-state index contributed by atoms with van der Waals surface area (Å²) in [5, 5.41) is 4.45. The molecule has 3 aromatic heterocycles. The van der Waals surface area contributed by atoms with Gasteiger partial charge in [-0.25, -0.2) is 19.3 Å². The van der Waals surface area contributed by atoms with Crippen LogP contribution in [0.2, 0.25) is 5.02 Å². The lowest BCUT2D eigenvalue weighted by molar-refractivity contribution is -0.133. The number of nitrogens with zero attached hydrogens (tertiary/aromatic N) is 4. The summed E-state index contributed by atoms with van der Waals surface area (Å²) in [7, 11) is 0. The van der Waals surface area contributed by atoms with Gasteiger partial charge in [0.2, 0.25) is 5.91 Å². The number of piperidine rings is 1. The fourth-order valence-electron chi connectivity index (χ4n) is 5.07. The summed E-state index contributed by atoms with van der Waals surface area (Å²) < 4.78 is 14.5. The minimum absolute atomic E-state index is 0.166. The number of hydrogen-bond donors (Lipinski definition) is 2. The molecule has 2 N–H and O–H groups in total. The van der Waals surface area contributed by atoms with E-state index in [-0.39, 0.29) is 17.6 Å². The molecule has 3 aromatic rings. The average molecular weight is 471 g/mol. The minimum Gasteiger partial charge on any atom is -0.367 e. The standard InChI is InChI=1S/C24H28ClFN6O/c25-17-9-18-19(12-29-22(18)28-11-17)23-30-13-20(26)24(31-23)27-10-16-6-3-7-32(14-16)21(33)8-15-4-1-2-5-15/h9,11-13,15-16H,1-8,10,14H2,(H,28,29)(H,27,30,31). The number of pyridine rings is 1. The minimum atomic E-state index is -0.500. The van der Waals surface area contributed by atoms with Gasteiger partial charge in [0.1, 0.15) is 5.65 Å². The molecular weight excluding hydrogens is 443 g/mol. The Labute approximate surface area is 197 Å². The van der Waals surface area contributed by atoms with Crippen LogP contribution in [0.1, 0.15) is 44.9 Å². The number of carbonyl (C=O) groups is 1. The first-order valence-electron chi connectivity index (χ1n) is 11.7. The summed E-state index contributed by atoms with van der Waals surface area (Å²) in [5.74, 6) is 1.15. The topological polar surface area (TPSA) is 86.8 Å². The first kappa shape index (κ1) is 22.1. The Morgan fingerprint density at radius 2 is 2.00 bits per heavy atom. The van der Waals surface area contributed by atoms with E-state index in [1.165, 1.54) is 31.9 Å². The van der Waals surface area contributed by atoms with Crippen molar-refractivity contribution >= 4 is 34.4 Å². The molecule has 9 heteroatoms. The molecule has 5 rings (SSSR count). The molecule has 1 amide bonds. The van der Waals surface area contributed by atoms with E-state index in [1.54, 1.807) is 18.5 Å². The molecule has 0 aromatic carbocycles. The number of fused-ring (bicyclic) bond motifs is 1. The zero-order chi connectivity index (χ0) is 22.8. The van der Waals surface area contributed by atoms with Gasteiger partial charge in [0.15, 0.2) is 17.5 Å². The highest BCUT2D eigenvalue weighted by molar-refractivity contribution is 6.31. The third-order valence-electron chi connectivity index (χ3n) is 6.85. The quantitative estimate of drug-likeness (QED) is 0.526. The van der Waals surface area contributed by atoms with Gasteiger partial charge in [-0.2, -0.15) is 0 Å². The van der Waals surface area contributed by atoms with Crippen molar-refractivity contribution in [2.45, 2.75) is 44.9 Å². The van der Waals surface area contributed by atoms with E-state index < -0.39 is 5.82 Å². The van der Waals surface area contributed by atoms with Crippen molar-refractivity contribution in [3.05, 3.63) is 35.5 Å². The summed E-state index contributed by atoms with van der Waals surface area (Å²) in [6.07, 6.45) is 12.0. The molecule has 1 atom stereocenters. The number of carbonyl (C=O) groups excluding carboxylic acids is 1. The van der Waals surface area contributed by atoms with Crippen molar-refractivity contribution in [1.82, 2.24) is 24.8 Å². The van der Waals surface area contributed by atoms with Gasteiger partial charge in [-0.3, -0.25) is 4.79 Å². The Kier molecular flexibility index (Phi) is 6.44. The van der Waals surface area contributed by atoms with Crippen LogP contribution in [-0.2, 0) is 4.79 Å². The number of halogens is 2. The Balaban J connectivity index is 1.25. The molecular formula is C24H28ClFN6O. The maximum Gasteiger partial charge on any atom is 0.222 e. The highest BCUT2D eigenvalue weighted by atomic mass is 35.5. The number of rotatable bonds is 6. The van der Waals surface area contributed by atoms with Gasteiger partial charge in [0, 0.05) is 49.4 Å². The van der Waals surface area contributed by atoms with E-state index in [2.05, 4.69) is 25.3 Å². The van der Waals surface area contributed by atoms with E-state index in [0.717, 1.165) is 24.8 Å². The maximum absolute atomic E-state index is 14.5. The smallest absolute Gasteiger partial charge is 0.222 e. The van der Waals surface area contributed by atoms with Crippen molar-refractivity contribution in [2.75, 3.05) is 25.0 Å². The SMILES string of the molecule is O=C(CC1CCCC1)N1CCCC(CNc2nc(-c3c[nH]c4ncc(Cl)cc34)ncc2F)C1. The van der Waals surface area contributed by atoms with Crippen LogP contribution in [0, 0.1) is 17.7 Å². The predicted octanol–water partition coefficient (Wildman–Crippen LogP) is 5.04. The van der Waals surface area contributed by atoms with Crippen LogP contribution < -0.4 is 5.32 Å². The Bertz CT molecular complexity index is 1150. The molecule has 0 spiro atoms. The van der Waals surface area contributed by atoms with Crippen LogP contribution in [0.5, 0.6) is 0 Å². The fourth-order valence-corrected chi connectivity index (χ4v) is 5.23. The molecule has 33 heavy (non-hydrogen) atoms. The first-order valence-corrected chi connectivity index (χ1v) is 12.1. The normalized spacial score (nSPS) is 19.3. The van der Waals surface area contributed by atoms with Crippen LogP contribution in [0.25, 0.3) is 22.4 Å². The van der Waals surface area contributed by atoms with Crippen LogP contribution in [0.15, 0.2) is 24.7 Å². The van der Waals surface area contributed by atoms with Crippen molar-refractivity contribution in [3.8, 4) is 11.4 Å². The zero-order valence-corrected chi connectivity index (χ0v) is 19.2. The van der Waals surface area contributed by atoms with E-state index in [0.29, 0.717) is 47.5 Å². The third-order valence-corrected chi connectivity index (χ3v) is 7.06. The monoisotopic (exact) mass is 470 g/mol. The van der Waals surface area contributed by atoms with Gasteiger partial charge in [-0.05, 0) is 43.6 Å². The number of aromatic nitrogens is 4. The van der Waals surface area contributed by atoms with Gasteiger partial charge >= 0.3 is 0 Å². The van der Waals surface area contributed by atoms with Gasteiger partial charge < -0.3 is 15.2 Å². The molecule has 7 nitrogen and oxygen atoms in total. The highest BCUT2D eigenvalue weighted by Crippen LogP contribution is 2.30. The van der Waals surface area contributed by atoms with Crippen LogP contribution in [0.4, 0.5) is 10.2 Å². The molecule has 1 unspecified atom stereocenters. The number of nitrogens with one attached hydrogen (secondary N) is 2. The lowest BCUT2D eigenvalue weighted by Gasteiger charge is -2.33. The second-order valence-electron chi connectivity index (χ2n) is 9.23. The predicted molar refractivity (Wildman–Crippen MR) is 126 cm³/mol. The van der Waals surface area contributed by atoms with Crippen molar-refractivity contribution in [1.29, 1.82) is 0 Å². The maximum atomic E-state index is 14.5. The molecule has 2 aliphatic rings. The van der Waals surface area contributed by atoms with Gasteiger partial charge in [-0.1, -0.05) is 24.4 Å². The van der Waals surface area contributed by atoms with E-state index in [1.807, 2.05) is 4.90 Å². The van der Waals surface area contributed by atoms with Crippen molar-refractivity contribution < 1.29 is 9.18 Å². The molecule has 2 fully saturated rings. The lowest BCUT2D eigenvalue weighted by Crippen LogP contribution is -2.42. The first-order chi connectivity index (χ1) is 16.1. The number of amides is 1. The number of aromatic amines is 1. The molecule has 0 bridgehead atoms. The van der Waals surface area contributed by atoms with E-state index in [9.17, 15) is 9.18 Å². The average Bonchev–Trinajstić information content (AvgIpc) is 3.48. The highest BCUT2D eigenvalue weighted by Gasteiger charge is 2.27. The third kappa shape index (κ3) is 4.95. The Morgan fingerprint density at radius 1 is 1.18 bits per heavy atom. The second kappa shape index (κ2) is 9.63.